The number of amides is 1. The molecule has 2 aliphatic heterocycles. The molecule has 7 heteroatoms. The van der Waals surface area contributed by atoms with Gasteiger partial charge in [-0.15, -0.1) is 0 Å². The Bertz CT molecular complexity index is 633. The Hall–Kier alpha value is -1.47. The predicted octanol–water partition coefficient (Wildman–Crippen LogP) is 0.0757. The van der Waals surface area contributed by atoms with Gasteiger partial charge in [0.2, 0.25) is 10.0 Å². The summed E-state index contributed by atoms with van der Waals surface area (Å²) in [6.45, 7) is 1.34. The van der Waals surface area contributed by atoms with Crippen molar-refractivity contribution in [3.05, 3.63) is 29.6 Å². The minimum atomic E-state index is -3.72. The topological polar surface area (TPSA) is 79.4 Å². The van der Waals surface area contributed by atoms with Gasteiger partial charge in [0.15, 0.2) is 0 Å². The largest absolute Gasteiger partial charge is 0.306 e. The molecular weight excluding hydrogens is 266 g/mol. The van der Waals surface area contributed by atoms with Crippen LogP contribution in [0.3, 0.4) is 0 Å². The highest BCUT2D eigenvalue weighted by Crippen LogP contribution is 2.42. The number of aromatic nitrogens is 1. The van der Waals surface area contributed by atoms with Gasteiger partial charge in [0.1, 0.15) is 4.75 Å². The van der Waals surface area contributed by atoms with Gasteiger partial charge in [0.05, 0.1) is 11.3 Å². The molecule has 1 N–H and O–H groups in total. The molecule has 19 heavy (non-hydrogen) atoms. The van der Waals surface area contributed by atoms with Crippen LogP contribution < -0.4 is 4.72 Å². The van der Waals surface area contributed by atoms with Gasteiger partial charge in [-0.25, -0.2) is 13.1 Å². The number of fused-ring (bicyclic) bond motifs is 2. The summed E-state index contributed by atoms with van der Waals surface area (Å²) >= 11 is 0. The van der Waals surface area contributed by atoms with Crippen LogP contribution in [0.1, 0.15) is 28.9 Å². The number of hydrogen-bond acceptors (Lipinski definition) is 5. The molecule has 0 unspecified atom stereocenters. The number of rotatable bonds is 0. The summed E-state index contributed by atoms with van der Waals surface area (Å²) in [5.41, 5.74) is 0.786. The van der Waals surface area contributed by atoms with Crippen molar-refractivity contribution in [2.45, 2.75) is 17.6 Å². The van der Waals surface area contributed by atoms with Crippen LogP contribution >= 0.6 is 0 Å². The first-order valence-corrected chi connectivity index (χ1v) is 7.65. The van der Waals surface area contributed by atoms with E-state index in [0.717, 1.165) is 0 Å². The normalized spacial score (nSPS) is 24.8. The first kappa shape index (κ1) is 12.6. The monoisotopic (exact) mass is 281 g/mol. The molecule has 0 saturated carbocycles. The molecule has 1 aromatic rings. The summed E-state index contributed by atoms with van der Waals surface area (Å²) in [4.78, 5) is 18.1. The van der Waals surface area contributed by atoms with Crippen LogP contribution in [0.5, 0.6) is 0 Å². The zero-order valence-electron chi connectivity index (χ0n) is 10.6. The van der Waals surface area contributed by atoms with E-state index in [4.69, 9.17) is 0 Å². The summed E-state index contributed by atoms with van der Waals surface area (Å²) in [5, 5.41) is 0. The predicted molar refractivity (Wildman–Crippen MR) is 69.0 cm³/mol. The summed E-state index contributed by atoms with van der Waals surface area (Å²) in [5.74, 6) is -0.576. The molecule has 3 rings (SSSR count). The summed E-state index contributed by atoms with van der Waals surface area (Å²) < 4.78 is 26.0. The van der Waals surface area contributed by atoms with Crippen LogP contribution in [-0.4, -0.2) is 44.3 Å². The van der Waals surface area contributed by atoms with Crippen LogP contribution in [0.2, 0.25) is 0 Å². The van der Waals surface area contributed by atoms with Gasteiger partial charge in [0.25, 0.3) is 5.91 Å². The molecular formula is C12H15N3O3S. The molecule has 2 aliphatic rings. The van der Waals surface area contributed by atoms with E-state index in [1.165, 1.54) is 0 Å². The van der Waals surface area contributed by atoms with E-state index in [1.54, 1.807) is 18.3 Å². The lowest BCUT2D eigenvalue weighted by atomic mass is 9.89. The Balaban J connectivity index is 2.21. The highest BCUT2D eigenvalue weighted by Gasteiger charge is 2.53. The quantitative estimate of drug-likeness (QED) is 0.728. The molecule has 6 nitrogen and oxygen atoms in total. The van der Waals surface area contributed by atoms with E-state index in [1.807, 2.05) is 7.05 Å². The third kappa shape index (κ3) is 1.68. The lowest BCUT2D eigenvalue weighted by Gasteiger charge is -2.41. The average Bonchev–Trinajstić information content (AvgIpc) is 2.38. The van der Waals surface area contributed by atoms with Gasteiger partial charge in [-0.2, -0.15) is 0 Å². The van der Waals surface area contributed by atoms with Crippen molar-refractivity contribution < 1.29 is 13.2 Å². The first-order chi connectivity index (χ1) is 8.96. The van der Waals surface area contributed by atoms with Crippen LogP contribution in [0, 0.1) is 0 Å². The van der Waals surface area contributed by atoms with Crippen LogP contribution in [0.15, 0.2) is 18.3 Å². The lowest BCUT2D eigenvalue weighted by molar-refractivity contribution is 0.0968. The number of piperidine rings is 1. The SMILES string of the molecule is CN1CCC2(CC1)c1ncccc1C(=O)NS2(=O)=O. The number of sulfonamides is 1. The van der Waals surface area contributed by atoms with Crippen molar-refractivity contribution in [3.8, 4) is 0 Å². The number of carbonyl (C=O) groups is 1. The number of nitrogens with one attached hydrogen (secondary N) is 1. The Labute approximate surface area is 111 Å². The summed E-state index contributed by atoms with van der Waals surface area (Å²) in [6.07, 6.45) is 2.46. The maximum Gasteiger partial charge on any atom is 0.266 e. The van der Waals surface area contributed by atoms with Crippen LogP contribution in [0.25, 0.3) is 0 Å². The number of nitrogens with zero attached hydrogens (tertiary/aromatic N) is 2. The Morgan fingerprint density at radius 1 is 1.37 bits per heavy atom. The standard InChI is InChI=1S/C12H15N3O3S/c1-15-7-4-12(5-8-15)10-9(3-2-6-13-10)11(16)14-19(12,17)18/h2-3,6H,4-5,7-8H2,1H3,(H,14,16). The molecule has 1 spiro atoms. The molecule has 1 aromatic heterocycles. The van der Waals surface area contributed by atoms with Crippen LogP contribution in [-0.2, 0) is 14.8 Å². The fourth-order valence-electron chi connectivity index (χ4n) is 2.84. The molecule has 0 atom stereocenters. The molecule has 0 bridgehead atoms. The smallest absolute Gasteiger partial charge is 0.266 e. The maximum absolute atomic E-state index is 12.4. The Morgan fingerprint density at radius 2 is 2.05 bits per heavy atom. The minimum Gasteiger partial charge on any atom is -0.306 e. The fraction of sp³-hybridized carbons (Fsp3) is 0.500. The molecule has 1 amide bonds. The van der Waals surface area contributed by atoms with Crippen molar-refractivity contribution in [1.82, 2.24) is 14.6 Å². The van der Waals surface area contributed by atoms with E-state index in [0.29, 0.717) is 37.2 Å². The van der Waals surface area contributed by atoms with E-state index in [2.05, 4.69) is 14.6 Å². The number of likely N-dealkylation sites (tertiary alicyclic amines) is 1. The number of carbonyl (C=O) groups excluding carboxylic acids is 1. The molecule has 1 saturated heterocycles. The van der Waals surface area contributed by atoms with E-state index in [9.17, 15) is 13.2 Å². The van der Waals surface area contributed by atoms with E-state index < -0.39 is 20.7 Å². The second-order valence-corrected chi connectivity index (χ2v) is 7.12. The minimum absolute atomic E-state index is 0.377. The zero-order chi connectivity index (χ0) is 13.7. The van der Waals surface area contributed by atoms with E-state index >= 15 is 0 Å². The third-order valence-electron chi connectivity index (χ3n) is 4.02. The lowest BCUT2D eigenvalue weighted by Crippen LogP contribution is -2.56. The van der Waals surface area contributed by atoms with Crippen molar-refractivity contribution in [1.29, 1.82) is 0 Å². The highest BCUT2D eigenvalue weighted by molar-refractivity contribution is 7.91. The van der Waals surface area contributed by atoms with E-state index in [-0.39, 0.29) is 0 Å². The first-order valence-electron chi connectivity index (χ1n) is 6.17. The fourth-order valence-corrected chi connectivity index (χ4v) is 4.53. The second kappa shape index (κ2) is 4.01. The van der Waals surface area contributed by atoms with Gasteiger partial charge in [-0.1, -0.05) is 0 Å². The van der Waals surface area contributed by atoms with Crippen molar-refractivity contribution in [2.24, 2.45) is 0 Å². The molecule has 102 valence electrons. The maximum atomic E-state index is 12.4. The molecule has 0 aliphatic carbocycles. The molecule has 0 aromatic carbocycles. The van der Waals surface area contributed by atoms with Gasteiger partial charge in [-0.05, 0) is 45.1 Å². The summed E-state index contributed by atoms with van der Waals surface area (Å²) in [7, 11) is -1.76. The zero-order valence-corrected chi connectivity index (χ0v) is 11.4. The van der Waals surface area contributed by atoms with Gasteiger partial charge < -0.3 is 4.90 Å². The Kier molecular flexibility index (Phi) is 2.65. The highest BCUT2D eigenvalue weighted by atomic mass is 32.2. The average molecular weight is 281 g/mol. The number of hydrogen-bond donors (Lipinski definition) is 1. The molecule has 1 fully saturated rings. The second-order valence-electron chi connectivity index (χ2n) is 5.13. The van der Waals surface area contributed by atoms with Crippen LogP contribution in [0.4, 0.5) is 0 Å². The van der Waals surface area contributed by atoms with Gasteiger partial charge in [-0.3, -0.25) is 9.78 Å². The van der Waals surface area contributed by atoms with Crippen molar-refractivity contribution in [2.75, 3.05) is 20.1 Å². The molecule has 3 heterocycles. The van der Waals surface area contributed by atoms with Gasteiger partial charge >= 0.3 is 0 Å². The Morgan fingerprint density at radius 3 is 2.74 bits per heavy atom. The van der Waals surface area contributed by atoms with Crippen molar-refractivity contribution >= 4 is 15.9 Å². The van der Waals surface area contributed by atoms with Crippen molar-refractivity contribution in [3.63, 3.8) is 0 Å². The van der Waals surface area contributed by atoms with Gasteiger partial charge in [0, 0.05) is 6.20 Å². The third-order valence-corrected chi connectivity index (χ3v) is 6.10. The molecule has 0 radical (unpaired) electrons. The number of pyridine rings is 1. The summed E-state index contributed by atoms with van der Waals surface area (Å²) in [6, 6.07) is 3.28.